The number of carbonyl (C=O) groups excluding carboxylic acids is 2. The van der Waals surface area contributed by atoms with Crippen molar-refractivity contribution >= 4 is 11.9 Å². The van der Waals surface area contributed by atoms with E-state index < -0.39 is 0 Å². The van der Waals surface area contributed by atoms with Crippen LogP contribution in [-0.4, -0.2) is 43.0 Å². The van der Waals surface area contributed by atoms with Gasteiger partial charge in [0.05, 0.1) is 25.1 Å². The quantitative estimate of drug-likeness (QED) is 0.686. The number of esters is 1. The van der Waals surface area contributed by atoms with E-state index in [1.807, 2.05) is 6.92 Å². The first-order valence-electron chi connectivity index (χ1n) is 10.6. The Bertz CT molecular complexity index is 632. The van der Waals surface area contributed by atoms with Gasteiger partial charge in [0.1, 0.15) is 0 Å². The molecule has 5 heteroatoms. The Labute approximate surface area is 169 Å². The summed E-state index contributed by atoms with van der Waals surface area (Å²) in [5.74, 6) is 0.724. The minimum atomic E-state index is -0.101. The van der Waals surface area contributed by atoms with Gasteiger partial charge in [-0.3, -0.25) is 14.5 Å². The number of nitrogens with one attached hydrogen (secondary N) is 1. The molecule has 0 spiro atoms. The van der Waals surface area contributed by atoms with Crippen LogP contribution in [0.2, 0.25) is 0 Å². The zero-order chi connectivity index (χ0) is 20.7. The van der Waals surface area contributed by atoms with Gasteiger partial charge in [0.25, 0.3) is 0 Å². The Morgan fingerprint density at radius 1 is 1.07 bits per heavy atom. The van der Waals surface area contributed by atoms with Crippen molar-refractivity contribution in [1.82, 2.24) is 10.2 Å². The molecule has 28 heavy (non-hydrogen) atoms. The van der Waals surface area contributed by atoms with E-state index in [0.29, 0.717) is 25.0 Å². The lowest BCUT2D eigenvalue weighted by Gasteiger charge is -2.31. The Morgan fingerprint density at radius 3 is 2.14 bits per heavy atom. The first-order valence-corrected chi connectivity index (χ1v) is 10.6. The SMILES string of the molecule is CCOC(=O)C1CCN(CC(=O)N[C@H](c2ccc(C(C)C)cc2)C(C)C)CC1. The normalized spacial score (nSPS) is 17.0. The summed E-state index contributed by atoms with van der Waals surface area (Å²) in [4.78, 5) is 26.6. The predicted octanol–water partition coefficient (Wildman–Crippen LogP) is 3.90. The second-order valence-corrected chi connectivity index (χ2v) is 8.41. The molecule has 0 unspecified atom stereocenters. The molecule has 1 aromatic carbocycles. The number of carbonyl (C=O) groups is 2. The van der Waals surface area contributed by atoms with Crippen LogP contribution in [0.4, 0.5) is 0 Å². The average molecular weight is 389 g/mol. The number of hydrogen-bond acceptors (Lipinski definition) is 4. The van der Waals surface area contributed by atoms with E-state index in [0.717, 1.165) is 31.5 Å². The molecule has 1 amide bonds. The second-order valence-electron chi connectivity index (χ2n) is 8.41. The lowest BCUT2D eigenvalue weighted by atomic mass is 9.93. The van der Waals surface area contributed by atoms with Crippen LogP contribution in [0, 0.1) is 11.8 Å². The van der Waals surface area contributed by atoms with E-state index in [-0.39, 0.29) is 23.8 Å². The zero-order valence-corrected chi connectivity index (χ0v) is 18.0. The van der Waals surface area contributed by atoms with Crippen LogP contribution in [0.25, 0.3) is 0 Å². The number of benzene rings is 1. The molecule has 0 bridgehead atoms. The number of amides is 1. The third-order valence-corrected chi connectivity index (χ3v) is 5.52. The molecule has 156 valence electrons. The highest BCUT2D eigenvalue weighted by atomic mass is 16.5. The van der Waals surface area contributed by atoms with Crippen LogP contribution in [0.1, 0.15) is 70.5 Å². The monoisotopic (exact) mass is 388 g/mol. The minimum absolute atomic E-state index is 0.00535. The molecule has 1 aliphatic rings. The van der Waals surface area contributed by atoms with Gasteiger partial charge >= 0.3 is 5.97 Å². The summed E-state index contributed by atoms with van der Waals surface area (Å²) < 4.78 is 5.11. The van der Waals surface area contributed by atoms with Crippen LogP contribution in [0.5, 0.6) is 0 Å². The maximum atomic E-state index is 12.6. The first kappa shape index (κ1) is 22.4. The minimum Gasteiger partial charge on any atom is -0.466 e. The smallest absolute Gasteiger partial charge is 0.309 e. The Balaban J connectivity index is 1.88. The summed E-state index contributed by atoms with van der Waals surface area (Å²) in [5, 5.41) is 3.21. The van der Waals surface area contributed by atoms with Gasteiger partial charge in [0, 0.05) is 0 Å². The summed E-state index contributed by atoms with van der Waals surface area (Å²) in [6, 6.07) is 8.57. The number of piperidine rings is 1. The van der Waals surface area contributed by atoms with E-state index in [2.05, 4.69) is 62.2 Å². The van der Waals surface area contributed by atoms with E-state index in [1.165, 1.54) is 5.56 Å². The maximum Gasteiger partial charge on any atom is 0.309 e. The highest BCUT2D eigenvalue weighted by Crippen LogP contribution is 2.24. The van der Waals surface area contributed by atoms with Crippen molar-refractivity contribution in [2.45, 2.75) is 59.4 Å². The molecule has 0 aromatic heterocycles. The number of hydrogen-bond donors (Lipinski definition) is 1. The summed E-state index contributed by atoms with van der Waals surface area (Å²) in [5.41, 5.74) is 2.45. The fraction of sp³-hybridized carbons (Fsp3) is 0.652. The van der Waals surface area contributed by atoms with Crippen molar-refractivity contribution in [1.29, 1.82) is 0 Å². The highest BCUT2D eigenvalue weighted by molar-refractivity contribution is 5.78. The Morgan fingerprint density at radius 2 is 1.64 bits per heavy atom. The molecule has 5 nitrogen and oxygen atoms in total. The standard InChI is InChI=1S/C23H36N2O3/c1-6-28-23(27)20-11-13-25(14-12-20)15-21(26)24-22(17(4)5)19-9-7-18(8-10-19)16(2)3/h7-10,16-17,20,22H,6,11-15H2,1-5H3,(H,24,26)/t22-/m0/s1. The van der Waals surface area contributed by atoms with Crippen LogP contribution in [0.3, 0.4) is 0 Å². The zero-order valence-electron chi connectivity index (χ0n) is 18.0. The first-order chi connectivity index (χ1) is 13.3. The van der Waals surface area contributed by atoms with E-state index >= 15 is 0 Å². The molecular weight excluding hydrogens is 352 g/mol. The summed E-state index contributed by atoms with van der Waals surface area (Å²) in [6.07, 6.45) is 1.52. The lowest BCUT2D eigenvalue weighted by Crippen LogP contribution is -2.44. The molecule has 0 aliphatic carbocycles. The van der Waals surface area contributed by atoms with Crippen molar-refractivity contribution in [3.05, 3.63) is 35.4 Å². The molecular formula is C23H36N2O3. The van der Waals surface area contributed by atoms with E-state index in [4.69, 9.17) is 4.74 Å². The van der Waals surface area contributed by atoms with Gasteiger partial charge < -0.3 is 10.1 Å². The van der Waals surface area contributed by atoms with Crippen LogP contribution in [0.15, 0.2) is 24.3 Å². The van der Waals surface area contributed by atoms with Crippen molar-refractivity contribution in [3.63, 3.8) is 0 Å². The number of rotatable bonds is 8. The molecule has 1 fully saturated rings. The van der Waals surface area contributed by atoms with Gasteiger partial charge in [0.15, 0.2) is 0 Å². The summed E-state index contributed by atoms with van der Waals surface area (Å²) in [6.45, 7) is 12.8. The van der Waals surface area contributed by atoms with E-state index in [9.17, 15) is 9.59 Å². The van der Waals surface area contributed by atoms with Crippen LogP contribution < -0.4 is 5.32 Å². The van der Waals surface area contributed by atoms with Crippen LogP contribution >= 0.6 is 0 Å². The molecule has 1 saturated heterocycles. The fourth-order valence-electron chi connectivity index (χ4n) is 3.73. The molecule has 1 N–H and O–H groups in total. The van der Waals surface area contributed by atoms with E-state index in [1.54, 1.807) is 0 Å². The van der Waals surface area contributed by atoms with Crippen molar-refractivity contribution in [2.75, 3.05) is 26.2 Å². The predicted molar refractivity (Wildman–Crippen MR) is 112 cm³/mol. The molecule has 1 aromatic rings. The van der Waals surface area contributed by atoms with Crippen LogP contribution in [-0.2, 0) is 14.3 Å². The van der Waals surface area contributed by atoms with Crippen molar-refractivity contribution in [2.24, 2.45) is 11.8 Å². The van der Waals surface area contributed by atoms with Gasteiger partial charge in [-0.15, -0.1) is 0 Å². The topological polar surface area (TPSA) is 58.6 Å². The third-order valence-electron chi connectivity index (χ3n) is 5.52. The second kappa shape index (κ2) is 10.6. The number of ether oxygens (including phenoxy) is 1. The van der Waals surface area contributed by atoms with Gasteiger partial charge in [-0.25, -0.2) is 0 Å². The maximum absolute atomic E-state index is 12.6. The van der Waals surface area contributed by atoms with Gasteiger partial charge in [-0.1, -0.05) is 52.0 Å². The lowest BCUT2D eigenvalue weighted by molar-refractivity contribution is -0.149. The highest BCUT2D eigenvalue weighted by Gasteiger charge is 2.27. The molecule has 1 heterocycles. The third kappa shape index (κ3) is 6.33. The van der Waals surface area contributed by atoms with Gasteiger partial charge in [0.2, 0.25) is 5.91 Å². The molecule has 2 rings (SSSR count). The summed E-state index contributed by atoms with van der Waals surface area (Å²) >= 11 is 0. The molecule has 0 saturated carbocycles. The van der Waals surface area contributed by atoms with Gasteiger partial charge in [-0.2, -0.15) is 0 Å². The summed E-state index contributed by atoms with van der Waals surface area (Å²) in [7, 11) is 0. The largest absolute Gasteiger partial charge is 0.466 e. The number of nitrogens with zero attached hydrogens (tertiary/aromatic N) is 1. The van der Waals surface area contributed by atoms with Gasteiger partial charge in [-0.05, 0) is 55.8 Å². The van der Waals surface area contributed by atoms with Crippen molar-refractivity contribution < 1.29 is 14.3 Å². The molecule has 0 radical (unpaired) electrons. The fourth-order valence-corrected chi connectivity index (χ4v) is 3.73. The molecule has 1 aliphatic heterocycles. The molecule has 1 atom stereocenters. The average Bonchev–Trinajstić information content (AvgIpc) is 2.66. The Kier molecular flexibility index (Phi) is 8.49. The van der Waals surface area contributed by atoms with Crippen molar-refractivity contribution in [3.8, 4) is 0 Å². The number of likely N-dealkylation sites (tertiary alicyclic amines) is 1. The Hall–Kier alpha value is -1.88.